The summed E-state index contributed by atoms with van der Waals surface area (Å²) in [4.78, 5) is 15.3. The fourth-order valence-corrected chi connectivity index (χ4v) is 2.76. The maximum absolute atomic E-state index is 11.0. The normalized spacial score (nSPS) is 12.5. The van der Waals surface area contributed by atoms with E-state index in [1.165, 1.54) is 0 Å². The summed E-state index contributed by atoms with van der Waals surface area (Å²) in [5.41, 5.74) is 0.668. The molecule has 1 aromatic carbocycles. The van der Waals surface area contributed by atoms with Gasteiger partial charge in [-0.25, -0.2) is 14.7 Å². The SMILES string of the molecule is COc1ccc(-c2nc(C(CCCCNS(N)(=O)=O)NC(=O)O)no2)cc1. The Morgan fingerprint density at radius 3 is 2.63 bits per heavy atom. The summed E-state index contributed by atoms with van der Waals surface area (Å²) in [6.45, 7) is 0.155. The number of nitrogens with zero attached hydrogens (tertiary/aromatic N) is 2. The third kappa shape index (κ3) is 6.84. The van der Waals surface area contributed by atoms with Crippen LogP contribution in [0.3, 0.4) is 0 Å². The molecule has 5 N–H and O–H groups in total. The zero-order valence-electron chi connectivity index (χ0n) is 14.6. The van der Waals surface area contributed by atoms with Crippen LogP contribution in [-0.2, 0) is 10.2 Å². The summed E-state index contributed by atoms with van der Waals surface area (Å²) in [5, 5.41) is 20.0. The third-order valence-electron chi connectivity index (χ3n) is 3.61. The molecule has 1 amide bonds. The highest BCUT2D eigenvalue weighted by Gasteiger charge is 2.20. The molecule has 0 aliphatic carbocycles. The molecule has 0 saturated carbocycles. The minimum absolute atomic E-state index is 0.155. The number of unbranched alkanes of at least 4 members (excludes halogenated alkanes) is 1. The first-order valence-electron chi connectivity index (χ1n) is 8.03. The summed E-state index contributed by atoms with van der Waals surface area (Å²) >= 11 is 0. The number of rotatable bonds is 10. The van der Waals surface area contributed by atoms with Gasteiger partial charge in [-0.05, 0) is 43.5 Å². The summed E-state index contributed by atoms with van der Waals surface area (Å²) in [7, 11) is -2.18. The molecule has 0 aliphatic rings. The lowest BCUT2D eigenvalue weighted by atomic mass is 10.1. The zero-order valence-corrected chi connectivity index (χ0v) is 15.4. The number of nitrogens with two attached hydrogens (primary N) is 1. The van der Waals surface area contributed by atoms with Crippen molar-refractivity contribution in [3.05, 3.63) is 30.1 Å². The Bertz CT molecular complexity index is 852. The second-order valence-corrected chi connectivity index (χ2v) is 7.00. The lowest BCUT2D eigenvalue weighted by Crippen LogP contribution is -2.31. The van der Waals surface area contributed by atoms with Gasteiger partial charge in [0.1, 0.15) is 5.75 Å². The van der Waals surface area contributed by atoms with Gasteiger partial charge in [-0.15, -0.1) is 0 Å². The molecule has 2 aromatic rings. The number of carbonyl (C=O) groups is 1. The van der Waals surface area contributed by atoms with Gasteiger partial charge in [-0.2, -0.15) is 13.4 Å². The number of benzene rings is 1. The van der Waals surface area contributed by atoms with Crippen LogP contribution in [0.2, 0.25) is 0 Å². The summed E-state index contributed by atoms with van der Waals surface area (Å²) < 4.78 is 34.1. The van der Waals surface area contributed by atoms with E-state index in [0.717, 1.165) is 0 Å². The van der Waals surface area contributed by atoms with Crippen molar-refractivity contribution < 1.29 is 27.6 Å². The lowest BCUT2D eigenvalue weighted by molar-refractivity contribution is 0.188. The van der Waals surface area contributed by atoms with Gasteiger partial charge in [0.05, 0.1) is 13.2 Å². The van der Waals surface area contributed by atoms with Crippen LogP contribution in [0.4, 0.5) is 4.79 Å². The Kier molecular flexibility index (Phi) is 7.10. The first-order chi connectivity index (χ1) is 12.8. The molecule has 0 radical (unpaired) electrons. The second-order valence-electron chi connectivity index (χ2n) is 5.62. The maximum atomic E-state index is 11.0. The number of carboxylic acid groups (broad SMARTS) is 1. The van der Waals surface area contributed by atoms with E-state index in [9.17, 15) is 13.2 Å². The average Bonchev–Trinajstić information content (AvgIpc) is 3.09. The van der Waals surface area contributed by atoms with Crippen LogP contribution < -0.4 is 19.9 Å². The molecule has 11 nitrogen and oxygen atoms in total. The molecular weight excluding hydrogens is 378 g/mol. The van der Waals surface area contributed by atoms with Crippen molar-refractivity contribution in [2.24, 2.45) is 5.14 Å². The van der Waals surface area contributed by atoms with Gasteiger partial charge in [0.25, 0.3) is 16.1 Å². The summed E-state index contributed by atoms with van der Waals surface area (Å²) in [5.74, 6) is 1.13. The minimum atomic E-state index is -3.74. The number of nitrogens with one attached hydrogen (secondary N) is 2. The highest BCUT2D eigenvalue weighted by Crippen LogP contribution is 2.23. The van der Waals surface area contributed by atoms with E-state index >= 15 is 0 Å². The molecule has 1 aromatic heterocycles. The van der Waals surface area contributed by atoms with Crippen molar-refractivity contribution in [3.63, 3.8) is 0 Å². The molecule has 0 saturated heterocycles. The van der Waals surface area contributed by atoms with Crippen molar-refractivity contribution in [2.75, 3.05) is 13.7 Å². The monoisotopic (exact) mass is 399 g/mol. The van der Waals surface area contributed by atoms with Gasteiger partial charge in [0.15, 0.2) is 5.82 Å². The molecule has 12 heteroatoms. The van der Waals surface area contributed by atoms with Gasteiger partial charge in [-0.1, -0.05) is 5.16 Å². The van der Waals surface area contributed by atoms with Crippen LogP contribution in [0.1, 0.15) is 31.1 Å². The Morgan fingerprint density at radius 2 is 2.04 bits per heavy atom. The Morgan fingerprint density at radius 1 is 1.33 bits per heavy atom. The highest BCUT2D eigenvalue weighted by atomic mass is 32.2. The number of aromatic nitrogens is 2. The maximum Gasteiger partial charge on any atom is 0.405 e. The fraction of sp³-hybridized carbons (Fsp3) is 0.400. The molecular formula is C15H21N5O6S. The van der Waals surface area contributed by atoms with E-state index in [1.54, 1.807) is 31.4 Å². The van der Waals surface area contributed by atoms with Gasteiger partial charge in [-0.3, -0.25) is 0 Å². The quantitative estimate of drug-likeness (QED) is 0.429. The minimum Gasteiger partial charge on any atom is -0.497 e. The van der Waals surface area contributed by atoms with Gasteiger partial charge >= 0.3 is 6.09 Å². The van der Waals surface area contributed by atoms with Crippen molar-refractivity contribution in [2.45, 2.75) is 25.3 Å². The molecule has 1 unspecified atom stereocenters. The van der Waals surface area contributed by atoms with Crippen LogP contribution in [0.5, 0.6) is 5.75 Å². The number of hydrogen-bond acceptors (Lipinski definition) is 7. The molecule has 0 spiro atoms. The molecule has 1 atom stereocenters. The molecule has 0 fully saturated rings. The standard InChI is InChI=1S/C15H21N5O6S/c1-25-11-7-5-10(6-8-11)14-19-13(20-26-14)12(18-15(21)22)4-2-3-9-17-27(16,23)24/h5-8,12,17-18H,2-4,9H2,1H3,(H,21,22)(H2,16,23,24). The number of amides is 1. The largest absolute Gasteiger partial charge is 0.497 e. The molecule has 2 rings (SSSR count). The number of hydrogen-bond donors (Lipinski definition) is 4. The first kappa shape index (κ1) is 20.6. The smallest absolute Gasteiger partial charge is 0.405 e. The van der Waals surface area contributed by atoms with Crippen LogP contribution >= 0.6 is 0 Å². The molecule has 0 bridgehead atoms. The Balaban J connectivity index is 2.01. The molecule has 1 heterocycles. The summed E-state index contributed by atoms with van der Waals surface area (Å²) in [6.07, 6.45) is 0.121. The van der Waals surface area contributed by atoms with E-state index in [-0.39, 0.29) is 18.3 Å². The predicted molar refractivity (Wildman–Crippen MR) is 95.1 cm³/mol. The Labute approximate surface area is 156 Å². The fourth-order valence-electron chi connectivity index (χ4n) is 2.33. The lowest BCUT2D eigenvalue weighted by Gasteiger charge is -2.12. The van der Waals surface area contributed by atoms with Gasteiger partial charge in [0.2, 0.25) is 0 Å². The highest BCUT2D eigenvalue weighted by molar-refractivity contribution is 7.87. The van der Waals surface area contributed by atoms with Crippen LogP contribution in [0.25, 0.3) is 11.5 Å². The van der Waals surface area contributed by atoms with Crippen LogP contribution in [0.15, 0.2) is 28.8 Å². The second kappa shape index (κ2) is 9.30. The number of methoxy groups -OCH3 is 1. The van der Waals surface area contributed by atoms with E-state index in [4.69, 9.17) is 19.5 Å². The third-order valence-corrected chi connectivity index (χ3v) is 4.22. The van der Waals surface area contributed by atoms with Crippen molar-refractivity contribution in [1.82, 2.24) is 20.2 Å². The molecule has 27 heavy (non-hydrogen) atoms. The molecule has 0 aliphatic heterocycles. The van der Waals surface area contributed by atoms with Crippen LogP contribution in [0, 0.1) is 0 Å². The predicted octanol–water partition coefficient (Wildman–Crippen LogP) is 1.02. The first-order valence-corrected chi connectivity index (χ1v) is 9.58. The van der Waals surface area contributed by atoms with E-state index in [1.807, 2.05) is 0 Å². The average molecular weight is 399 g/mol. The van der Waals surface area contributed by atoms with Crippen LogP contribution in [-0.4, -0.2) is 43.4 Å². The van der Waals surface area contributed by atoms with Crippen molar-refractivity contribution in [1.29, 1.82) is 0 Å². The zero-order chi connectivity index (χ0) is 19.9. The molecule has 148 valence electrons. The van der Waals surface area contributed by atoms with E-state index < -0.39 is 22.3 Å². The van der Waals surface area contributed by atoms with Gasteiger partial charge in [0, 0.05) is 12.1 Å². The van der Waals surface area contributed by atoms with Crippen molar-refractivity contribution in [3.8, 4) is 17.2 Å². The van der Waals surface area contributed by atoms with Crippen molar-refractivity contribution >= 4 is 16.3 Å². The number of ether oxygens (including phenoxy) is 1. The van der Waals surface area contributed by atoms with Gasteiger partial charge < -0.3 is 19.7 Å². The Hall–Kier alpha value is -2.70. The van der Waals surface area contributed by atoms with E-state index in [0.29, 0.717) is 30.6 Å². The summed E-state index contributed by atoms with van der Waals surface area (Å²) in [6, 6.07) is 6.28. The topological polar surface area (TPSA) is 170 Å². The van der Waals surface area contributed by atoms with E-state index in [2.05, 4.69) is 20.2 Å².